The van der Waals surface area contributed by atoms with E-state index in [9.17, 15) is 0 Å². The molecule has 0 spiro atoms. The zero-order valence-electron chi connectivity index (χ0n) is 9.23. The van der Waals surface area contributed by atoms with Gasteiger partial charge in [0.2, 0.25) is 0 Å². The number of halogens is 1. The van der Waals surface area contributed by atoms with E-state index in [0.29, 0.717) is 10.2 Å². The van der Waals surface area contributed by atoms with Crippen molar-refractivity contribution in [2.24, 2.45) is 5.41 Å². The molecule has 0 aliphatic carbocycles. The van der Waals surface area contributed by atoms with Crippen molar-refractivity contribution in [3.05, 3.63) is 12.7 Å². The average Bonchev–Trinajstić information content (AvgIpc) is 2.72. The van der Waals surface area contributed by atoms with Gasteiger partial charge < -0.3 is 0 Å². The van der Waals surface area contributed by atoms with Crippen LogP contribution in [0.15, 0.2) is 12.7 Å². The van der Waals surface area contributed by atoms with Gasteiger partial charge in [0.25, 0.3) is 0 Å². The van der Waals surface area contributed by atoms with Crippen molar-refractivity contribution in [2.45, 2.75) is 25.2 Å². The molecule has 0 radical (unpaired) electrons. The summed E-state index contributed by atoms with van der Waals surface area (Å²) in [5.41, 5.74) is 0.377. The van der Waals surface area contributed by atoms with E-state index in [1.807, 2.05) is 4.68 Å². The van der Waals surface area contributed by atoms with Crippen molar-refractivity contribution in [1.82, 2.24) is 19.7 Å². The van der Waals surface area contributed by atoms with Gasteiger partial charge in [-0.15, -0.1) is 0 Å². The highest BCUT2D eigenvalue weighted by Crippen LogP contribution is 2.34. The third-order valence-electron chi connectivity index (χ3n) is 3.01. The summed E-state index contributed by atoms with van der Waals surface area (Å²) in [7, 11) is 0. The molecule has 1 unspecified atom stereocenters. The van der Waals surface area contributed by atoms with Crippen molar-refractivity contribution in [3.63, 3.8) is 0 Å². The molecule has 1 saturated heterocycles. The molecule has 1 aliphatic heterocycles. The molecule has 2 heterocycles. The lowest BCUT2D eigenvalue weighted by Crippen LogP contribution is -2.27. The Morgan fingerprint density at radius 1 is 1.47 bits per heavy atom. The molecular formula is C10H17BrN4. The number of aromatic nitrogens is 3. The first-order chi connectivity index (χ1) is 7.08. The summed E-state index contributed by atoms with van der Waals surface area (Å²) in [5, 5.41) is 4.10. The number of alkyl halides is 1. The smallest absolute Gasteiger partial charge is 0.137 e. The lowest BCUT2D eigenvalue weighted by Gasteiger charge is -2.21. The SMILES string of the molecule is CC1(C)CN(CCn2cncn2)CC1Br. The highest BCUT2D eigenvalue weighted by molar-refractivity contribution is 9.09. The molecule has 1 aromatic rings. The van der Waals surface area contributed by atoms with E-state index >= 15 is 0 Å². The van der Waals surface area contributed by atoms with Gasteiger partial charge in [-0.2, -0.15) is 5.10 Å². The summed E-state index contributed by atoms with van der Waals surface area (Å²) >= 11 is 3.74. The minimum Gasteiger partial charge on any atom is -0.300 e. The van der Waals surface area contributed by atoms with Crippen molar-refractivity contribution >= 4 is 15.9 Å². The summed E-state index contributed by atoms with van der Waals surface area (Å²) in [4.78, 5) is 7.01. The highest BCUT2D eigenvalue weighted by atomic mass is 79.9. The van der Waals surface area contributed by atoms with Crippen LogP contribution in [0.1, 0.15) is 13.8 Å². The van der Waals surface area contributed by atoms with Gasteiger partial charge in [0, 0.05) is 24.5 Å². The molecule has 0 saturated carbocycles. The second-order valence-corrected chi connectivity index (χ2v) is 5.96. The van der Waals surface area contributed by atoms with Gasteiger partial charge in [-0.1, -0.05) is 29.8 Å². The highest BCUT2D eigenvalue weighted by Gasteiger charge is 2.37. The summed E-state index contributed by atoms with van der Waals surface area (Å²) in [6.07, 6.45) is 3.36. The number of hydrogen-bond donors (Lipinski definition) is 0. The lowest BCUT2D eigenvalue weighted by molar-refractivity contribution is 0.277. The number of nitrogens with zero attached hydrogens (tertiary/aromatic N) is 4. The Balaban J connectivity index is 1.83. The van der Waals surface area contributed by atoms with Crippen LogP contribution in [0, 0.1) is 5.41 Å². The minimum absolute atomic E-state index is 0.377. The maximum absolute atomic E-state index is 4.10. The standard InChI is InChI=1S/C10H17BrN4/c1-10(2)6-14(5-9(10)11)3-4-15-8-12-7-13-15/h7-9H,3-6H2,1-2H3. The van der Waals surface area contributed by atoms with Crippen molar-refractivity contribution in [1.29, 1.82) is 0 Å². The Morgan fingerprint density at radius 3 is 2.80 bits per heavy atom. The van der Waals surface area contributed by atoms with Crippen molar-refractivity contribution in [3.8, 4) is 0 Å². The van der Waals surface area contributed by atoms with Crippen LogP contribution in [-0.2, 0) is 6.54 Å². The quantitative estimate of drug-likeness (QED) is 0.780. The van der Waals surface area contributed by atoms with Crippen LogP contribution >= 0.6 is 15.9 Å². The van der Waals surface area contributed by atoms with Gasteiger partial charge in [-0.3, -0.25) is 9.58 Å². The predicted molar refractivity (Wildman–Crippen MR) is 63.0 cm³/mol. The van der Waals surface area contributed by atoms with Crippen LogP contribution < -0.4 is 0 Å². The zero-order chi connectivity index (χ0) is 10.9. The first-order valence-corrected chi connectivity index (χ1v) is 6.18. The van der Waals surface area contributed by atoms with Crippen LogP contribution in [0.5, 0.6) is 0 Å². The second-order valence-electron chi connectivity index (χ2n) is 4.85. The summed E-state index contributed by atoms with van der Waals surface area (Å²) < 4.78 is 1.88. The van der Waals surface area contributed by atoms with Gasteiger partial charge in [-0.25, -0.2) is 4.98 Å². The molecule has 1 fully saturated rings. The van der Waals surface area contributed by atoms with Crippen LogP contribution in [0.25, 0.3) is 0 Å². The average molecular weight is 273 g/mol. The first kappa shape index (κ1) is 11.1. The third kappa shape index (κ3) is 2.58. The first-order valence-electron chi connectivity index (χ1n) is 5.27. The molecule has 0 aromatic carbocycles. The normalized spacial score (nSPS) is 25.9. The van der Waals surface area contributed by atoms with Crippen LogP contribution in [-0.4, -0.2) is 44.1 Å². The second kappa shape index (κ2) is 4.22. The summed E-state index contributed by atoms with van der Waals surface area (Å²) in [6.45, 7) is 8.87. The fourth-order valence-corrected chi connectivity index (χ4v) is 2.53. The number of rotatable bonds is 3. The monoisotopic (exact) mass is 272 g/mol. The van der Waals surface area contributed by atoms with Crippen LogP contribution in [0.4, 0.5) is 0 Å². The van der Waals surface area contributed by atoms with E-state index < -0.39 is 0 Å². The van der Waals surface area contributed by atoms with Gasteiger partial charge >= 0.3 is 0 Å². The Labute approximate surface area is 98.8 Å². The Hall–Kier alpha value is -0.420. The Morgan fingerprint density at radius 2 is 2.27 bits per heavy atom. The van der Waals surface area contributed by atoms with E-state index in [1.165, 1.54) is 0 Å². The molecule has 5 heteroatoms. The van der Waals surface area contributed by atoms with Crippen LogP contribution in [0.2, 0.25) is 0 Å². The molecular weight excluding hydrogens is 256 g/mol. The lowest BCUT2D eigenvalue weighted by atomic mass is 9.93. The predicted octanol–water partition coefficient (Wildman–Crippen LogP) is 1.38. The molecule has 2 rings (SSSR count). The fraction of sp³-hybridized carbons (Fsp3) is 0.800. The van der Waals surface area contributed by atoms with Gasteiger partial charge in [0.05, 0.1) is 6.54 Å². The number of likely N-dealkylation sites (tertiary alicyclic amines) is 1. The molecule has 0 amide bonds. The van der Waals surface area contributed by atoms with Crippen LogP contribution in [0.3, 0.4) is 0 Å². The van der Waals surface area contributed by atoms with Gasteiger partial charge in [-0.05, 0) is 5.41 Å². The molecule has 4 nitrogen and oxygen atoms in total. The zero-order valence-corrected chi connectivity index (χ0v) is 10.8. The van der Waals surface area contributed by atoms with Gasteiger partial charge in [0.15, 0.2) is 0 Å². The molecule has 15 heavy (non-hydrogen) atoms. The Bertz CT molecular complexity index is 309. The Kier molecular flexibility index (Phi) is 3.11. The molecule has 0 bridgehead atoms. The summed E-state index contributed by atoms with van der Waals surface area (Å²) in [5.74, 6) is 0. The topological polar surface area (TPSA) is 34.0 Å². The van der Waals surface area contributed by atoms with E-state index in [0.717, 1.165) is 26.2 Å². The summed E-state index contributed by atoms with van der Waals surface area (Å²) in [6, 6.07) is 0. The maximum atomic E-state index is 4.10. The van der Waals surface area contributed by atoms with Crippen molar-refractivity contribution in [2.75, 3.05) is 19.6 Å². The largest absolute Gasteiger partial charge is 0.300 e. The minimum atomic E-state index is 0.377. The van der Waals surface area contributed by atoms with Gasteiger partial charge in [0.1, 0.15) is 12.7 Å². The number of hydrogen-bond acceptors (Lipinski definition) is 3. The van der Waals surface area contributed by atoms with E-state index in [1.54, 1.807) is 12.7 Å². The van der Waals surface area contributed by atoms with Crippen molar-refractivity contribution < 1.29 is 0 Å². The third-order valence-corrected chi connectivity index (χ3v) is 4.54. The molecule has 1 aliphatic rings. The maximum Gasteiger partial charge on any atom is 0.137 e. The van der Waals surface area contributed by atoms with E-state index in [4.69, 9.17) is 0 Å². The van der Waals surface area contributed by atoms with E-state index in [2.05, 4.69) is 44.8 Å². The molecule has 1 aromatic heterocycles. The molecule has 0 N–H and O–H groups in total. The molecule has 84 valence electrons. The van der Waals surface area contributed by atoms with E-state index in [-0.39, 0.29) is 0 Å². The fourth-order valence-electron chi connectivity index (χ4n) is 1.98. The molecule has 1 atom stereocenters.